The minimum Gasteiger partial charge on any atom is -1.00 e. The summed E-state index contributed by atoms with van der Waals surface area (Å²) in [6, 6.07) is 0. The van der Waals surface area contributed by atoms with Gasteiger partial charge in [0.15, 0.2) is 0 Å². The van der Waals surface area contributed by atoms with E-state index in [2.05, 4.69) is 4.98 Å². The number of aromatic amines is 1. The number of nitrogens with one attached hydrogen (secondary N) is 1. The van der Waals surface area contributed by atoms with Crippen molar-refractivity contribution in [1.82, 2.24) is 0 Å². The molecule has 5 heteroatoms. The Bertz CT molecular complexity index is 204. The minimum atomic E-state index is 0. The number of nitriles is 1. The van der Waals surface area contributed by atoms with Crippen molar-refractivity contribution in [3.05, 3.63) is 16.6 Å². The second kappa shape index (κ2) is 5.54. The first-order chi connectivity index (χ1) is 4.43. The molecule has 0 atom stereocenters. The normalized spacial score (nSPS) is 7.90. The number of thioether (sulfide) groups is 1. The number of halogens is 1. The van der Waals surface area contributed by atoms with Crippen molar-refractivity contribution < 1.29 is 17.4 Å². The third kappa shape index (κ3) is 3.06. The van der Waals surface area contributed by atoms with Crippen LogP contribution in [0.4, 0.5) is 0 Å². The number of aromatic nitrogens is 1. The third-order valence-corrected chi connectivity index (χ3v) is 2.07. The molecule has 0 aliphatic heterocycles. The summed E-state index contributed by atoms with van der Waals surface area (Å²) in [6.45, 7) is 0. The summed E-state index contributed by atoms with van der Waals surface area (Å²) in [5, 5.41) is 12.2. The van der Waals surface area contributed by atoms with E-state index in [0.29, 0.717) is 0 Å². The molecular formula is C5H5ClN2S2. The van der Waals surface area contributed by atoms with Gasteiger partial charge >= 0.3 is 0 Å². The molecule has 0 radical (unpaired) electrons. The fourth-order valence-corrected chi connectivity index (χ4v) is 1.54. The molecule has 0 saturated carbocycles. The first kappa shape index (κ1) is 9.76. The van der Waals surface area contributed by atoms with Crippen molar-refractivity contribution in [2.45, 2.75) is 5.75 Å². The largest absolute Gasteiger partial charge is 1.00 e. The lowest BCUT2D eigenvalue weighted by Crippen LogP contribution is -3.00. The summed E-state index contributed by atoms with van der Waals surface area (Å²) in [5.74, 6) is 0.764. The monoisotopic (exact) mass is 192 g/mol. The number of rotatable bonds is 2. The van der Waals surface area contributed by atoms with Crippen molar-refractivity contribution >= 4 is 23.1 Å². The van der Waals surface area contributed by atoms with E-state index in [9.17, 15) is 0 Å². The third-order valence-electron chi connectivity index (χ3n) is 0.815. The maximum atomic E-state index is 8.17. The summed E-state index contributed by atoms with van der Waals surface area (Å²) < 4.78 is 0. The molecule has 0 aliphatic carbocycles. The SMILES string of the molecule is N#CSCc1csc[nH+]1.[Cl-]. The molecule has 0 amide bonds. The van der Waals surface area contributed by atoms with Gasteiger partial charge in [-0.2, -0.15) is 5.26 Å². The lowest BCUT2D eigenvalue weighted by Gasteiger charge is -1.76. The molecular weight excluding hydrogens is 188 g/mol. The Hall–Kier alpha value is -0.240. The van der Waals surface area contributed by atoms with Crippen LogP contribution in [0.2, 0.25) is 0 Å². The smallest absolute Gasteiger partial charge is 0.223 e. The predicted molar refractivity (Wildman–Crippen MR) is 37.8 cm³/mol. The zero-order valence-corrected chi connectivity index (χ0v) is 7.39. The van der Waals surface area contributed by atoms with Gasteiger partial charge < -0.3 is 12.4 Å². The molecule has 10 heavy (non-hydrogen) atoms. The Labute approximate surface area is 73.7 Å². The molecule has 0 bridgehead atoms. The van der Waals surface area contributed by atoms with Gasteiger partial charge in [0.2, 0.25) is 11.2 Å². The van der Waals surface area contributed by atoms with E-state index in [4.69, 9.17) is 5.26 Å². The van der Waals surface area contributed by atoms with Crippen LogP contribution < -0.4 is 17.4 Å². The average Bonchev–Trinajstić information content (AvgIpc) is 2.34. The van der Waals surface area contributed by atoms with Crippen LogP contribution in [-0.4, -0.2) is 0 Å². The van der Waals surface area contributed by atoms with Gasteiger partial charge in [0, 0.05) is 0 Å². The van der Waals surface area contributed by atoms with Gasteiger partial charge in [-0.25, -0.2) is 4.98 Å². The zero-order chi connectivity index (χ0) is 6.53. The van der Waals surface area contributed by atoms with Crippen LogP contribution in [0.1, 0.15) is 5.69 Å². The Balaban J connectivity index is 0.000000810. The summed E-state index contributed by atoms with van der Waals surface area (Å²) in [6.07, 6.45) is 0. The molecule has 1 rings (SSSR count). The highest BCUT2D eigenvalue weighted by atomic mass is 35.5. The molecule has 2 nitrogen and oxygen atoms in total. The van der Waals surface area contributed by atoms with Gasteiger partial charge in [-0.05, 0) is 11.8 Å². The highest BCUT2D eigenvalue weighted by Crippen LogP contribution is 2.06. The molecule has 0 unspecified atom stereocenters. The predicted octanol–water partition coefficient (Wildman–Crippen LogP) is -1.72. The molecule has 0 fully saturated rings. The highest BCUT2D eigenvalue weighted by Gasteiger charge is 1.98. The van der Waals surface area contributed by atoms with Crippen LogP contribution in [0.15, 0.2) is 10.9 Å². The quantitative estimate of drug-likeness (QED) is 0.523. The Morgan fingerprint density at radius 3 is 3.10 bits per heavy atom. The van der Waals surface area contributed by atoms with Crippen LogP contribution in [-0.2, 0) is 5.75 Å². The van der Waals surface area contributed by atoms with E-state index in [0.717, 1.165) is 11.4 Å². The lowest BCUT2D eigenvalue weighted by atomic mass is 10.6. The Morgan fingerprint density at radius 1 is 1.80 bits per heavy atom. The van der Waals surface area contributed by atoms with Crippen LogP contribution in [0.5, 0.6) is 0 Å². The topological polar surface area (TPSA) is 37.9 Å². The van der Waals surface area contributed by atoms with Gasteiger partial charge in [0.05, 0.1) is 11.1 Å². The van der Waals surface area contributed by atoms with Crippen molar-refractivity contribution in [3.8, 4) is 5.40 Å². The number of nitrogens with zero attached hydrogens (tertiary/aromatic N) is 1. The lowest BCUT2D eigenvalue weighted by molar-refractivity contribution is -0.380. The first-order valence-electron chi connectivity index (χ1n) is 2.37. The summed E-state index contributed by atoms with van der Waals surface area (Å²) in [4.78, 5) is 3.02. The number of thiocyanates is 1. The Kier molecular flexibility index (Phi) is 5.40. The van der Waals surface area contributed by atoms with Crippen molar-refractivity contribution in [1.29, 1.82) is 5.26 Å². The fraction of sp³-hybridized carbons (Fsp3) is 0.200. The average molecular weight is 193 g/mol. The molecule has 1 aromatic heterocycles. The zero-order valence-electron chi connectivity index (χ0n) is 5.00. The van der Waals surface area contributed by atoms with Crippen LogP contribution in [0.3, 0.4) is 0 Å². The molecule has 0 aliphatic rings. The van der Waals surface area contributed by atoms with Gasteiger partial charge in [-0.1, -0.05) is 11.3 Å². The fourth-order valence-electron chi connectivity index (χ4n) is 0.446. The molecule has 0 spiro atoms. The maximum absolute atomic E-state index is 8.17. The van der Waals surface area contributed by atoms with E-state index in [-0.39, 0.29) is 12.4 Å². The molecule has 1 N–H and O–H groups in total. The standard InChI is InChI=1S/C5H4N2S2.ClH/c6-3-8-1-5-2-9-4-7-5;/h2,4H,1H2;1H. The van der Waals surface area contributed by atoms with Gasteiger partial charge in [0.1, 0.15) is 5.40 Å². The van der Waals surface area contributed by atoms with Crippen LogP contribution >= 0.6 is 23.1 Å². The molecule has 54 valence electrons. The highest BCUT2D eigenvalue weighted by molar-refractivity contribution is 8.02. The van der Waals surface area contributed by atoms with E-state index in [1.54, 1.807) is 11.3 Å². The summed E-state index contributed by atoms with van der Waals surface area (Å²) in [5.41, 5.74) is 3.01. The van der Waals surface area contributed by atoms with E-state index < -0.39 is 0 Å². The van der Waals surface area contributed by atoms with E-state index >= 15 is 0 Å². The van der Waals surface area contributed by atoms with Crippen molar-refractivity contribution in [3.63, 3.8) is 0 Å². The van der Waals surface area contributed by atoms with Crippen LogP contribution in [0.25, 0.3) is 0 Å². The Morgan fingerprint density at radius 2 is 2.60 bits per heavy atom. The van der Waals surface area contributed by atoms with Crippen molar-refractivity contribution in [2.24, 2.45) is 0 Å². The van der Waals surface area contributed by atoms with E-state index in [1.807, 2.05) is 16.3 Å². The molecule has 1 heterocycles. The van der Waals surface area contributed by atoms with Gasteiger partial charge in [-0.15, -0.1) is 0 Å². The minimum absolute atomic E-state index is 0. The summed E-state index contributed by atoms with van der Waals surface area (Å²) >= 11 is 2.86. The summed E-state index contributed by atoms with van der Waals surface area (Å²) in [7, 11) is 0. The number of hydrogen-bond acceptors (Lipinski definition) is 3. The van der Waals surface area contributed by atoms with Gasteiger partial charge in [0.25, 0.3) is 0 Å². The molecule has 0 saturated heterocycles. The number of hydrogen-bond donors (Lipinski definition) is 0. The number of H-pyrrole nitrogens is 1. The number of thiazole rings is 1. The van der Waals surface area contributed by atoms with Crippen molar-refractivity contribution in [2.75, 3.05) is 0 Å². The second-order valence-electron chi connectivity index (χ2n) is 1.42. The van der Waals surface area contributed by atoms with E-state index in [1.165, 1.54) is 11.8 Å². The van der Waals surface area contributed by atoms with Crippen LogP contribution in [0, 0.1) is 10.7 Å². The molecule has 1 aromatic rings. The second-order valence-corrected chi connectivity index (χ2v) is 2.92. The van der Waals surface area contributed by atoms with Gasteiger partial charge in [-0.3, -0.25) is 0 Å². The first-order valence-corrected chi connectivity index (χ1v) is 4.30. The molecule has 0 aromatic carbocycles. The maximum Gasteiger partial charge on any atom is 0.223 e.